The highest BCUT2D eigenvalue weighted by atomic mass is 35.5. The summed E-state index contributed by atoms with van der Waals surface area (Å²) < 4.78 is 32.8. The molecule has 0 amide bonds. The summed E-state index contributed by atoms with van der Waals surface area (Å²) in [6.45, 7) is -0.174. The molecule has 6 heteroatoms. The van der Waals surface area contributed by atoms with Gasteiger partial charge >= 0.3 is 0 Å². The lowest BCUT2D eigenvalue weighted by molar-refractivity contribution is -0.103. The largest absolute Gasteiger partial charge is 0.381 e. The Kier molecular flexibility index (Phi) is 6.01. The Morgan fingerprint density at radius 3 is 2.69 bits per heavy atom. The van der Waals surface area contributed by atoms with E-state index in [0.717, 1.165) is 19.0 Å². The lowest BCUT2D eigenvalue weighted by Crippen LogP contribution is -2.41. The van der Waals surface area contributed by atoms with E-state index in [1.54, 1.807) is 12.1 Å². The highest BCUT2D eigenvalue weighted by molar-refractivity contribution is 6.19. The number of aromatic nitrogens is 1. The standard InChI is InChI=1S/C20H20ClF2NO2/c21-19(16-8-4-5-9-17(16)23)26-13-20(25,14-6-2-1-3-7-14)18-11-10-15(22)12-24-18/h1-2,4-5,8-12,14,19,25H,3,6-7,13H2. The van der Waals surface area contributed by atoms with Crippen LogP contribution in [0.15, 0.2) is 54.7 Å². The average Bonchev–Trinajstić information content (AvgIpc) is 2.67. The highest BCUT2D eigenvalue weighted by Gasteiger charge is 2.40. The molecule has 0 aliphatic heterocycles. The van der Waals surface area contributed by atoms with Gasteiger partial charge in [-0.05, 0) is 43.4 Å². The van der Waals surface area contributed by atoms with Crippen molar-refractivity contribution in [2.24, 2.45) is 5.92 Å². The Hall–Kier alpha value is -1.82. The molecule has 1 aliphatic rings. The van der Waals surface area contributed by atoms with E-state index in [1.807, 2.05) is 6.08 Å². The molecule has 1 heterocycles. The van der Waals surface area contributed by atoms with E-state index >= 15 is 0 Å². The molecule has 0 fully saturated rings. The van der Waals surface area contributed by atoms with Crippen molar-refractivity contribution >= 4 is 11.6 Å². The molecule has 1 aromatic heterocycles. The summed E-state index contributed by atoms with van der Waals surface area (Å²) in [4.78, 5) is 4.05. The lowest BCUT2D eigenvalue weighted by atomic mass is 9.77. The number of ether oxygens (including phenoxy) is 1. The van der Waals surface area contributed by atoms with Crippen LogP contribution in [0.2, 0.25) is 0 Å². The predicted molar refractivity (Wildman–Crippen MR) is 95.5 cm³/mol. The minimum Gasteiger partial charge on any atom is -0.381 e. The third-order valence-electron chi connectivity index (χ3n) is 4.71. The van der Waals surface area contributed by atoms with Gasteiger partial charge in [0.25, 0.3) is 0 Å². The van der Waals surface area contributed by atoms with Crippen LogP contribution in [0.4, 0.5) is 8.78 Å². The van der Waals surface area contributed by atoms with Crippen molar-refractivity contribution in [3.05, 3.63) is 77.6 Å². The summed E-state index contributed by atoms with van der Waals surface area (Å²) in [6.07, 6.45) is 7.32. The van der Waals surface area contributed by atoms with Gasteiger partial charge in [0, 0.05) is 5.56 Å². The fraction of sp³-hybridized carbons (Fsp3) is 0.350. The summed E-state index contributed by atoms with van der Waals surface area (Å²) >= 11 is 6.20. The van der Waals surface area contributed by atoms with Crippen molar-refractivity contribution in [1.29, 1.82) is 0 Å². The Labute approximate surface area is 156 Å². The number of aliphatic hydroxyl groups is 1. The van der Waals surface area contributed by atoms with Crippen molar-refractivity contribution < 1.29 is 18.6 Å². The van der Waals surface area contributed by atoms with Crippen molar-refractivity contribution in [3.63, 3.8) is 0 Å². The predicted octanol–water partition coefficient (Wildman–Crippen LogP) is 4.86. The zero-order chi connectivity index (χ0) is 18.6. The number of hydrogen-bond donors (Lipinski definition) is 1. The number of benzene rings is 1. The SMILES string of the molecule is OC(COC(Cl)c1ccccc1F)(c1ccc(F)cn1)C1CC=CCC1. The van der Waals surface area contributed by atoms with Crippen LogP contribution < -0.4 is 0 Å². The second kappa shape index (κ2) is 8.25. The molecule has 138 valence electrons. The van der Waals surface area contributed by atoms with Gasteiger partial charge in [-0.15, -0.1) is 0 Å². The van der Waals surface area contributed by atoms with E-state index < -0.39 is 22.8 Å². The monoisotopic (exact) mass is 379 g/mol. The number of hydrogen-bond acceptors (Lipinski definition) is 3. The van der Waals surface area contributed by atoms with Gasteiger partial charge in [0.15, 0.2) is 5.56 Å². The quantitative estimate of drug-likeness (QED) is 0.575. The number of alkyl halides is 1. The van der Waals surface area contributed by atoms with Crippen molar-refractivity contribution in [2.45, 2.75) is 30.4 Å². The number of allylic oxidation sites excluding steroid dienone is 2. The smallest absolute Gasteiger partial charge is 0.159 e. The summed E-state index contributed by atoms with van der Waals surface area (Å²) in [6, 6.07) is 8.76. The maximum atomic E-state index is 13.9. The summed E-state index contributed by atoms with van der Waals surface area (Å²) in [5, 5.41) is 11.4. The summed E-state index contributed by atoms with van der Waals surface area (Å²) in [5.74, 6) is -1.12. The highest BCUT2D eigenvalue weighted by Crippen LogP contribution is 2.38. The van der Waals surface area contributed by atoms with E-state index in [2.05, 4.69) is 11.1 Å². The van der Waals surface area contributed by atoms with Gasteiger partial charge in [0.2, 0.25) is 0 Å². The van der Waals surface area contributed by atoms with Crippen molar-refractivity contribution in [2.75, 3.05) is 6.61 Å². The van der Waals surface area contributed by atoms with Crippen molar-refractivity contribution in [1.82, 2.24) is 4.98 Å². The first-order chi connectivity index (χ1) is 12.5. The Morgan fingerprint density at radius 2 is 2.04 bits per heavy atom. The molecule has 1 N–H and O–H groups in total. The maximum absolute atomic E-state index is 13.9. The lowest BCUT2D eigenvalue weighted by Gasteiger charge is -2.37. The first-order valence-corrected chi connectivity index (χ1v) is 8.94. The molecular weight excluding hydrogens is 360 g/mol. The Bertz CT molecular complexity index is 769. The van der Waals surface area contributed by atoms with Gasteiger partial charge in [0.05, 0.1) is 18.5 Å². The Morgan fingerprint density at radius 1 is 1.23 bits per heavy atom. The third kappa shape index (κ3) is 4.11. The molecule has 0 spiro atoms. The van der Waals surface area contributed by atoms with Crippen LogP contribution in [-0.4, -0.2) is 16.7 Å². The number of rotatable bonds is 6. The topological polar surface area (TPSA) is 42.4 Å². The van der Waals surface area contributed by atoms with E-state index in [0.29, 0.717) is 12.1 Å². The maximum Gasteiger partial charge on any atom is 0.159 e. The second-order valence-electron chi connectivity index (χ2n) is 6.42. The first-order valence-electron chi connectivity index (χ1n) is 8.50. The minimum atomic E-state index is -1.45. The molecule has 0 saturated carbocycles. The molecule has 3 nitrogen and oxygen atoms in total. The molecule has 0 radical (unpaired) electrons. The van der Waals surface area contributed by atoms with Crippen LogP contribution in [0.25, 0.3) is 0 Å². The number of halogens is 3. The van der Waals surface area contributed by atoms with E-state index in [4.69, 9.17) is 16.3 Å². The number of pyridine rings is 1. The van der Waals surface area contributed by atoms with Crippen LogP contribution in [-0.2, 0) is 10.3 Å². The molecule has 26 heavy (non-hydrogen) atoms. The Balaban J connectivity index is 1.83. The number of nitrogens with zero attached hydrogens (tertiary/aromatic N) is 1. The molecule has 0 saturated heterocycles. The van der Waals surface area contributed by atoms with Gasteiger partial charge in [-0.1, -0.05) is 42.0 Å². The summed E-state index contributed by atoms with van der Waals surface area (Å²) in [5.41, 5.74) is -1.98. The van der Waals surface area contributed by atoms with E-state index in [9.17, 15) is 13.9 Å². The average molecular weight is 380 g/mol. The molecule has 3 atom stereocenters. The van der Waals surface area contributed by atoms with E-state index in [-0.39, 0.29) is 18.1 Å². The normalized spacial score (nSPS) is 20.5. The van der Waals surface area contributed by atoms with Crippen LogP contribution >= 0.6 is 11.6 Å². The second-order valence-corrected chi connectivity index (χ2v) is 6.81. The fourth-order valence-corrected chi connectivity index (χ4v) is 3.45. The fourth-order valence-electron chi connectivity index (χ4n) is 3.21. The van der Waals surface area contributed by atoms with Gasteiger partial charge < -0.3 is 9.84 Å². The summed E-state index contributed by atoms with van der Waals surface area (Å²) in [7, 11) is 0. The van der Waals surface area contributed by atoms with Gasteiger partial charge in [-0.3, -0.25) is 4.98 Å². The first kappa shape index (κ1) is 19.0. The minimum absolute atomic E-state index is 0.157. The van der Waals surface area contributed by atoms with E-state index in [1.165, 1.54) is 24.3 Å². The van der Waals surface area contributed by atoms with Crippen LogP contribution in [0.3, 0.4) is 0 Å². The molecule has 1 aromatic carbocycles. The van der Waals surface area contributed by atoms with Crippen molar-refractivity contribution in [3.8, 4) is 0 Å². The zero-order valence-corrected chi connectivity index (χ0v) is 14.9. The molecule has 0 bridgehead atoms. The van der Waals surface area contributed by atoms with Crippen LogP contribution in [0.5, 0.6) is 0 Å². The molecule has 1 aliphatic carbocycles. The van der Waals surface area contributed by atoms with Gasteiger partial charge in [0.1, 0.15) is 17.2 Å². The van der Waals surface area contributed by atoms with Gasteiger partial charge in [-0.2, -0.15) is 0 Å². The molecule has 2 aromatic rings. The molecule has 3 rings (SSSR count). The van der Waals surface area contributed by atoms with Crippen LogP contribution in [0, 0.1) is 17.6 Å². The molecule has 3 unspecified atom stereocenters. The molecular formula is C20H20ClF2NO2. The van der Waals surface area contributed by atoms with Gasteiger partial charge in [-0.25, -0.2) is 8.78 Å². The third-order valence-corrected chi connectivity index (χ3v) is 5.08. The van der Waals surface area contributed by atoms with Crippen LogP contribution in [0.1, 0.15) is 36.1 Å². The zero-order valence-electron chi connectivity index (χ0n) is 14.1.